The van der Waals surface area contributed by atoms with Gasteiger partial charge in [0, 0.05) is 14.1 Å². The summed E-state index contributed by atoms with van der Waals surface area (Å²) < 4.78 is 1.23. The minimum absolute atomic E-state index is 1.06. The summed E-state index contributed by atoms with van der Waals surface area (Å²) in [6, 6.07) is 18.6. The maximum absolute atomic E-state index is 4.74. The molecule has 0 saturated carbocycles. The van der Waals surface area contributed by atoms with E-state index in [2.05, 4.69) is 67.5 Å². The average Bonchev–Trinajstić information content (AvgIpc) is 2.89. The van der Waals surface area contributed by atoms with Gasteiger partial charge in [-0.2, -0.15) is 0 Å². The predicted octanol–water partition coefficient (Wildman–Crippen LogP) is 4.36. The third kappa shape index (κ3) is 2.58. The van der Waals surface area contributed by atoms with Gasteiger partial charge in [-0.05, 0) is 23.8 Å². The fourth-order valence-electron chi connectivity index (χ4n) is 2.07. The Kier molecular flexibility index (Phi) is 3.52. The van der Waals surface area contributed by atoms with Gasteiger partial charge in [-0.3, -0.25) is 0 Å². The summed E-state index contributed by atoms with van der Waals surface area (Å²) >= 11 is 1.73. The van der Waals surface area contributed by atoms with Crippen molar-refractivity contribution in [2.45, 2.75) is 0 Å². The van der Waals surface area contributed by atoms with E-state index in [4.69, 9.17) is 4.98 Å². The molecule has 0 unspecified atom stereocenters. The van der Waals surface area contributed by atoms with Crippen LogP contribution in [0.5, 0.6) is 0 Å². The van der Waals surface area contributed by atoms with Crippen molar-refractivity contribution < 1.29 is 0 Å². The molecule has 20 heavy (non-hydrogen) atoms. The van der Waals surface area contributed by atoms with E-state index in [9.17, 15) is 0 Å². The molecule has 0 aliphatic heterocycles. The minimum Gasteiger partial charge on any atom is -0.375 e. The lowest BCUT2D eigenvalue weighted by Crippen LogP contribution is -2.09. The second-order valence-corrected chi connectivity index (χ2v) is 5.85. The molecule has 0 aliphatic carbocycles. The van der Waals surface area contributed by atoms with E-state index in [1.54, 1.807) is 11.3 Å². The molecule has 3 rings (SSSR count). The van der Waals surface area contributed by atoms with Crippen LogP contribution in [0.15, 0.2) is 54.6 Å². The Morgan fingerprint density at radius 1 is 1.00 bits per heavy atom. The summed E-state index contributed by atoms with van der Waals surface area (Å²) in [5.41, 5.74) is 3.39. The number of hydrogen-bond acceptors (Lipinski definition) is 3. The van der Waals surface area contributed by atoms with Crippen LogP contribution in [-0.4, -0.2) is 24.0 Å². The highest BCUT2D eigenvalue weighted by Crippen LogP contribution is 2.29. The Balaban J connectivity index is 2.09. The molecule has 1 heterocycles. The molecule has 0 saturated heterocycles. The SMILES string of the molecule is CN(C)C(=Cc1ccccc1)c1nc2ccccc2s1. The Morgan fingerprint density at radius 3 is 2.40 bits per heavy atom. The molecule has 100 valence electrons. The molecule has 2 nitrogen and oxygen atoms in total. The molecule has 0 N–H and O–H groups in total. The summed E-state index contributed by atoms with van der Waals surface area (Å²) in [4.78, 5) is 6.85. The fourth-order valence-corrected chi connectivity index (χ4v) is 3.13. The van der Waals surface area contributed by atoms with Crippen molar-refractivity contribution in [3.8, 4) is 0 Å². The van der Waals surface area contributed by atoms with Crippen molar-refractivity contribution in [3.63, 3.8) is 0 Å². The molecule has 3 aromatic rings. The first-order valence-electron chi connectivity index (χ1n) is 6.54. The van der Waals surface area contributed by atoms with Crippen LogP contribution in [0, 0.1) is 0 Å². The lowest BCUT2D eigenvalue weighted by atomic mass is 10.2. The maximum atomic E-state index is 4.74. The molecule has 0 spiro atoms. The van der Waals surface area contributed by atoms with E-state index in [0.29, 0.717) is 0 Å². The van der Waals surface area contributed by atoms with Crippen LogP contribution in [0.1, 0.15) is 10.6 Å². The molecular weight excluding hydrogens is 264 g/mol. The van der Waals surface area contributed by atoms with Gasteiger partial charge in [0.05, 0.1) is 15.9 Å². The highest BCUT2D eigenvalue weighted by molar-refractivity contribution is 7.19. The molecule has 0 fully saturated rings. The van der Waals surface area contributed by atoms with Gasteiger partial charge in [-0.25, -0.2) is 4.98 Å². The second kappa shape index (κ2) is 5.47. The largest absolute Gasteiger partial charge is 0.375 e. The van der Waals surface area contributed by atoms with Gasteiger partial charge < -0.3 is 4.90 Å². The first kappa shape index (κ1) is 12.9. The Hall–Kier alpha value is -2.13. The van der Waals surface area contributed by atoms with E-state index in [-0.39, 0.29) is 0 Å². The van der Waals surface area contributed by atoms with Gasteiger partial charge in [-0.1, -0.05) is 42.5 Å². The van der Waals surface area contributed by atoms with Gasteiger partial charge in [0.2, 0.25) is 0 Å². The second-order valence-electron chi connectivity index (χ2n) is 4.82. The van der Waals surface area contributed by atoms with Crippen molar-refractivity contribution >= 4 is 33.3 Å². The number of rotatable bonds is 3. The number of fused-ring (bicyclic) bond motifs is 1. The van der Waals surface area contributed by atoms with Crippen LogP contribution in [0.4, 0.5) is 0 Å². The standard InChI is InChI=1S/C17H16N2S/c1-19(2)15(12-13-8-4-3-5-9-13)17-18-14-10-6-7-11-16(14)20-17/h3-12H,1-2H3. The summed E-state index contributed by atoms with van der Waals surface area (Å²) in [5, 5.41) is 1.06. The summed E-state index contributed by atoms with van der Waals surface area (Å²) in [5.74, 6) is 0. The van der Waals surface area contributed by atoms with Gasteiger partial charge in [0.25, 0.3) is 0 Å². The molecule has 0 amide bonds. The van der Waals surface area contributed by atoms with Crippen LogP contribution in [-0.2, 0) is 0 Å². The van der Waals surface area contributed by atoms with E-state index >= 15 is 0 Å². The first-order chi connectivity index (χ1) is 9.74. The van der Waals surface area contributed by atoms with E-state index in [1.165, 1.54) is 10.3 Å². The molecule has 0 radical (unpaired) electrons. The van der Waals surface area contributed by atoms with Gasteiger partial charge in [-0.15, -0.1) is 11.3 Å². The number of nitrogens with zero attached hydrogens (tertiary/aromatic N) is 2. The average molecular weight is 280 g/mol. The van der Waals surface area contributed by atoms with Crippen molar-refractivity contribution in [3.05, 3.63) is 65.2 Å². The number of hydrogen-bond donors (Lipinski definition) is 0. The zero-order valence-corrected chi connectivity index (χ0v) is 12.4. The lowest BCUT2D eigenvalue weighted by Gasteiger charge is -2.14. The highest BCUT2D eigenvalue weighted by atomic mass is 32.1. The number of aromatic nitrogens is 1. The zero-order valence-electron chi connectivity index (χ0n) is 11.6. The molecule has 2 aromatic carbocycles. The highest BCUT2D eigenvalue weighted by Gasteiger charge is 2.10. The molecule has 0 aliphatic rings. The van der Waals surface area contributed by atoms with Crippen molar-refractivity contribution in [2.24, 2.45) is 0 Å². The molecule has 1 aromatic heterocycles. The summed E-state index contributed by atoms with van der Waals surface area (Å²) in [6.07, 6.45) is 2.18. The fraction of sp³-hybridized carbons (Fsp3) is 0.118. The molecular formula is C17H16N2S. The molecule has 3 heteroatoms. The smallest absolute Gasteiger partial charge is 0.140 e. The van der Waals surface area contributed by atoms with Gasteiger partial charge >= 0.3 is 0 Å². The predicted molar refractivity (Wildman–Crippen MR) is 87.6 cm³/mol. The maximum Gasteiger partial charge on any atom is 0.140 e. The first-order valence-corrected chi connectivity index (χ1v) is 7.36. The third-order valence-electron chi connectivity index (χ3n) is 3.10. The third-order valence-corrected chi connectivity index (χ3v) is 4.16. The van der Waals surface area contributed by atoms with Gasteiger partial charge in [0.1, 0.15) is 5.01 Å². The van der Waals surface area contributed by atoms with Gasteiger partial charge in [0.15, 0.2) is 0 Å². The summed E-state index contributed by atoms with van der Waals surface area (Å²) in [7, 11) is 4.11. The molecule has 0 bridgehead atoms. The number of para-hydroxylation sites is 1. The van der Waals surface area contributed by atoms with Crippen molar-refractivity contribution in [1.82, 2.24) is 9.88 Å². The minimum atomic E-state index is 1.06. The molecule has 0 atom stereocenters. The van der Waals surface area contributed by atoms with Crippen LogP contribution in [0.3, 0.4) is 0 Å². The normalized spacial score (nSPS) is 11.8. The van der Waals surface area contributed by atoms with Crippen LogP contribution in [0.2, 0.25) is 0 Å². The topological polar surface area (TPSA) is 16.1 Å². The van der Waals surface area contributed by atoms with E-state index < -0.39 is 0 Å². The van der Waals surface area contributed by atoms with E-state index in [0.717, 1.165) is 16.2 Å². The lowest BCUT2D eigenvalue weighted by molar-refractivity contribution is 0.594. The number of benzene rings is 2. The van der Waals surface area contributed by atoms with E-state index in [1.807, 2.05) is 12.1 Å². The van der Waals surface area contributed by atoms with Crippen molar-refractivity contribution in [2.75, 3.05) is 14.1 Å². The van der Waals surface area contributed by atoms with Crippen LogP contribution >= 0.6 is 11.3 Å². The Labute approximate surface area is 123 Å². The monoisotopic (exact) mass is 280 g/mol. The summed E-state index contributed by atoms with van der Waals surface area (Å²) in [6.45, 7) is 0. The number of thiazole rings is 1. The Bertz CT molecular complexity index is 709. The quantitative estimate of drug-likeness (QED) is 0.709. The zero-order chi connectivity index (χ0) is 13.9. The Morgan fingerprint density at radius 2 is 1.70 bits per heavy atom. The van der Waals surface area contributed by atoms with Crippen LogP contribution < -0.4 is 0 Å². The van der Waals surface area contributed by atoms with Crippen LogP contribution in [0.25, 0.3) is 22.0 Å². The van der Waals surface area contributed by atoms with Crippen molar-refractivity contribution in [1.29, 1.82) is 0 Å².